The molecule has 1 atom stereocenters. The number of ketones is 2. The highest BCUT2D eigenvalue weighted by molar-refractivity contribution is 8.05. The Hall–Kier alpha value is -1.15. The van der Waals surface area contributed by atoms with Crippen LogP contribution in [-0.2, 0) is 19.1 Å². The number of thioether (sulfide) groups is 1. The quantitative estimate of drug-likeness (QED) is 0.728. The summed E-state index contributed by atoms with van der Waals surface area (Å²) in [7, 11) is 1.58. The minimum atomic E-state index is -0.778. The van der Waals surface area contributed by atoms with E-state index >= 15 is 0 Å². The molecule has 0 amide bonds. The van der Waals surface area contributed by atoms with Gasteiger partial charge in [0.1, 0.15) is 5.70 Å². The van der Waals surface area contributed by atoms with E-state index in [1.54, 1.807) is 7.11 Å². The van der Waals surface area contributed by atoms with Crippen molar-refractivity contribution in [3.63, 3.8) is 0 Å². The van der Waals surface area contributed by atoms with Crippen LogP contribution in [0.15, 0.2) is 22.8 Å². The Morgan fingerprint density at radius 1 is 1.35 bits per heavy atom. The van der Waals surface area contributed by atoms with Crippen LogP contribution < -0.4 is 5.32 Å². The maximum absolute atomic E-state index is 11.9. The Morgan fingerprint density at radius 2 is 2.05 bits per heavy atom. The molecule has 0 spiro atoms. The molecule has 0 bridgehead atoms. The molecule has 1 saturated heterocycles. The molecule has 1 N–H and O–H groups in total. The highest BCUT2D eigenvalue weighted by Crippen LogP contribution is 2.42. The van der Waals surface area contributed by atoms with E-state index in [1.165, 1.54) is 23.9 Å². The van der Waals surface area contributed by atoms with Crippen LogP contribution in [0.2, 0.25) is 0 Å². The number of nitrogens with zero attached hydrogens (tertiary/aromatic N) is 1. The molecule has 3 rings (SSSR count). The zero-order valence-corrected chi connectivity index (χ0v) is 12.0. The van der Waals surface area contributed by atoms with Gasteiger partial charge in [-0.3, -0.25) is 14.5 Å². The summed E-state index contributed by atoms with van der Waals surface area (Å²) in [6.07, 6.45) is 2.62. The van der Waals surface area contributed by atoms with Gasteiger partial charge >= 0.3 is 0 Å². The summed E-state index contributed by atoms with van der Waals surface area (Å²) < 4.78 is 10.9. The highest BCUT2D eigenvalue weighted by atomic mass is 32.2. The number of nitrogens with one attached hydrogen (secondary N) is 1. The second-order valence-electron chi connectivity index (χ2n) is 4.84. The van der Waals surface area contributed by atoms with Gasteiger partial charge in [-0.05, 0) is 12.2 Å². The Labute approximate surface area is 121 Å². The average Bonchev–Trinajstić information content (AvgIpc) is 2.86. The fraction of sp³-hybridized carbons (Fsp3) is 0.538. The number of carbonyl (C=O) groups excluding carboxylic acids is 2. The second kappa shape index (κ2) is 5.33. The van der Waals surface area contributed by atoms with E-state index in [9.17, 15) is 9.59 Å². The summed E-state index contributed by atoms with van der Waals surface area (Å²) >= 11 is 1.29. The molecule has 3 aliphatic rings. The molecule has 6 nitrogen and oxygen atoms in total. The number of hydrogen-bond acceptors (Lipinski definition) is 7. The number of hydrogen-bond donors (Lipinski definition) is 1. The molecule has 20 heavy (non-hydrogen) atoms. The monoisotopic (exact) mass is 296 g/mol. The van der Waals surface area contributed by atoms with Crippen LogP contribution in [0.3, 0.4) is 0 Å². The summed E-state index contributed by atoms with van der Waals surface area (Å²) in [4.78, 5) is 26.4. The number of ether oxygens (including phenoxy) is 2. The number of allylic oxidation sites excluding steroid dienone is 3. The fourth-order valence-electron chi connectivity index (χ4n) is 2.43. The largest absolute Gasteiger partial charge is 0.379 e. The first kappa shape index (κ1) is 13.8. The third-order valence-electron chi connectivity index (χ3n) is 3.53. The normalized spacial score (nSPS) is 30.6. The maximum atomic E-state index is 11.9. The Kier molecular flexibility index (Phi) is 3.68. The van der Waals surface area contributed by atoms with Crippen LogP contribution in [-0.4, -0.2) is 61.5 Å². The van der Waals surface area contributed by atoms with Gasteiger partial charge in [-0.25, -0.2) is 0 Å². The molecule has 0 radical (unpaired) electrons. The number of carbonyl (C=O) groups is 2. The summed E-state index contributed by atoms with van der Waals surface area (Å²) in [6, 6.07) is 0. The van der Waals surface area contributed by atoms with Gasteiger partial charge in [0.2, 0.25) is 10.8 Å². The van der Waals surface area contributed by atoms with Gasteiger partial charge in [0.15, 0.2) is 5.78 Å². The molecule has 0 saturated carbocycles. The molecule has 108 valence electrons. The molecule has 2 heterocycles. The van der Waals surface area contributed by atoms with Gasteiger partial charge in [-0.15, -0.1) is 0 Å². The lowest BCUT2D eigenvalue weighted by molar-refractivity contribution is -0.115. The number of rotatable bonds is 3. The van der Waals surface area contributed by atoms with Crippen molar-refractivity contribution < 1.29 is 19.1 Å². The van der Waals surface area contributed by atoms with Crippen LogP contribution in [0.25, 0.3) is 0 Å². The maximum Gasteiger partial charge on any atom is 0.204 e. The third-order valence-corrected chi connectivity index (χ3v) is 4.87. The lowest BCUT2D eigenvalue weighted by atomic mass is 10.1. The molecule has 1 fully saturated rings. The van der Waals surface area contributed by atoms with Crippen LogP contribution in [0, 0.1) is 0 Å². The molecule has 0 unspecified atom stereocenters. The van der Waals surface area contributed by atoms with Crippen molar-refractivity contribution >= 4 is 23.3 Å². The van der Waals surface area contributed by atoms with Gasteiger partial charge in [-0.1, -0.05) is 11.8 Å². The minimum Gasteiger partial charge on any atom is -0.379 e. The topological polar surface area (TPSA) is 67.9 Å². The Morgan fingerprint density at radius 3 is 2.70 bits per heavy atom. The van der Waals surface area contributed by atoms with Crippen molar-refractivity contribution in [3.05, 3.63) is 22.8 Å². The third kappa shape index (κ3) is 2.42. The van der Waals surface area contributed by atoms with Gasteiger partial charge in [-0.2, -0.15) is 0 Å². The van der Waals surface area contributed by atoms with E-state index < -0.39 is 5.06 Å². The van der Waals surface area contributed by atoms with Gasteiger partial charge in [0.25, 0.3) is 0 Å². The fourth-order valence-corrected chi connectivity index (χ4v) is 3.66. The molecule has 0 aromatic rings. The van der Waals surface area contributed by atoms with E-state index in [-0.39, 0.29) is 11.6 Å². The van der Waals surface area contributed by atoms with Crippen LogP contribution >= 0.6 is 11.8 Å². The first-order chi connectivity index (χ1) is 9.63. The van der Waals surface area contributed by atoms with Crippen molar-refractivity contribution in [3.8, 4) is 0 Å². The van der Waals surface area contributed by atoms with Crippen molar-refractivity contribution in [2.24, 2.45) is 0 Å². The molecule has 7 heteroatoms. The summed E-state index contributed by atoms with van der Waals surface area (Å²) in [5.41, 5.74) is 0.359. The molecular formula is C13H16N2O4S. The SMILES string of the molecule is CO[C@]1(CN2CCOCC2)NC2=C(S1)C(=O)C=CC2=O. The number of methoxy groups -OCH3 is 1. The Bertz CT molecular complexity index is 479. The van der Waals surface area contributed by atoms with E-state index in [4.69, 9.17) is 9.47 Å². The summed E-state index contributed by atoms with van der Waals surface area (Å²) in [6.45, 7) is 3.61. The van der Waals surface area contributed by atoms with E-state index in [0.29, 0.717) is 30.4 Å². The van der Waals surface area contributed by atoms with Gasteiger partial charge in [0, 0.05) is 20.2 Å². The van der Waals surface area contributed by atoms with E-state index in [2.05, 4.69) is 10.2 Å². The molecule has 0 aromatic heterocycles. The molecule has 2 aliphatic heterocycles. The number of morpholine rings is 1. The van der Waals surface area contributed by atoms with Crippen molar-refractivity contribution in [2.45, 2.75) is 5.06 Å². The first-order valence-corrected chi connectivity index (χ1v) is 7.29. The smallest absolute Gasteiger partial charge is 0.204 e. The molecular weight excluding hydrogens is 280 g/mol. The summed E-state index contributed by atoms with van der Waals surface area (Å²) in [5.74, 6) is -0.314. The van der Waals surface area contributed by atoms with Crippen LogP contribution in [0.1, 0.15) is 0 Å². The molecule has 0 aromatic carbocycles. The second-order valence-corrected chi connectivity index (χ2v) is 6.11. The van der Waals surface area contributed by atoms with Crippen LogP contribution in [0.4, 0.5) is 0 Å². The lowest BCUT2D eigenvalue weighted by Gasteiger charge is -2.35. The first-order valence-electron chi connectivity index (χ1n) is 6.47. The average molecular weight is 296 g/mol. The summed E-state index contributed by atoms with van der Waals surface area (Å²) in [5, 5.41) is 2.32. The predicted molar refractivity (Wildman–Crippen MR) is 73.9 cm³/mol. The lowest BCUT2D eigenvalue weighted by Crippen LogP contribution is -2.52. The van der Waals surface area contributed by atoms with Crippen molar-refractivity contribution in [2.75, 3.05) is 40.0 Å². The van der Waals surface area contributed by atoms with Crippen LogP contribution in [0.5, 0.6) is 0 Å². The standard InChI is InChI=1S/C13H16N2O4S/c1-18-13(8-15-4-6-19-7-5-15)14-11-9(16)2-3-10(17)12(11)20-13/h2-3,14H,4-8H2,1H3/t13-/m0/s1. The predicted octanol–water partition coefficient (Wildman–Crippen LogP) is -0.125. The Balaban J connectivity index is 1.76. The van der Waals surface area contributed by atoms with Crippen molar-refractivity contribution in [1.29, 1.82) is 0 Å². The minimum absolute atomic E-state index is 0.141. The van der Waals surface area contributed by atoms with E-state index in [0.717, 1.165) is 13.1 Å². The highest BCUT2D eigenvalue weighted by Gasteiger charge is 2.45. The van der Waals surface area contributed by atoms with Gasteiger partial charge in [0.05, 0.1) is 24.7 Å². The van der Waals surface area contributed by atoms with Crippen molar-refractivity contribution in [1.82, 2.24) is 10.2 Å². The molecule has 1 aliphatic carbocycles. The zero-order chi connectivity index (χ0) is 14.2. The van der Waals surface area contributed by atoms with Gasteiger partial charge < -0.3 is 14.8 Å². The van der Waals surface area contributed by atoms with E-state index in [1.807, 2.05) is 0 Å². The zero-order valence-electron chi connectivity index (χ0n) is 11.2.